The van der Waals surface area contributed by atoms with Crippen molar-refractivity contribution < 1.29 is 19.0 Å². The van der Waals surface area contributed by atoms with Gasteiger partial charge in [-0.15, -0.1) is 10.2 Å². The summed E-state index contributed by atoms with van der Waals surface area (Å²) in [6.07, 6.45) is 0. The highest BCUT2D eigenvalue weighted by Crippen LogP contribution is 2.32. The number of ether oxygens (including phenoxy) is 3. The predicted octanol–water partition coefficient (Wildman–Crippen LogP) is 3.89. The number of amides is 1. The van der Waals surface area contributed by atoms with Gasteiger partial charge in [-0.25, -0.2) is 0 Å². The van der Waals surface area contributed by atoms with E-state index in [1.807, 2.05) is 29.8 Å². The van der Waals surface area contributed by atoms with Gasteiger partial charge in [0.15, 0.2) is 22.5 Å². The number of hydrogen-bond acceptors (Lipinski definition) is 7. The number of benzene rings is 2. The summed E-state index contributed by atoms with van der Waals surface area (Å²) in [5.74, 6) is 2.35. The molecule has 0 radical (unpaired) electrons. The highest BCUT2D eigenvalue weighted by atomic mass is 35.5. The van der Waals surface area contributed by atoms with Crippen LogP contribution >= 0.6 is 23.4 Å². The van der Waals surface area contributed by atoms with Crippen LogP contribution in [0.3, 0.4) is 0 Å². The van der Waals surface area contributed by atoms with E-state index in [1.54, 1.807) is 32.4 Å². The molecule has 1 heterocycles. The van der Waals surface area contributed by atoms with E-state index in [4.69, 9.17) is 25.8 Å². The Labute approximate surface area is 183 Å². The predicted molar refractivity (Wildman–Crippen MR) is 117 cm³/mol. The zero-order valence-corrected chi connectivity index (χ0v) is 18.5. The molecule has 0 atom stereocenters. The number of halogens is 1. The number of carbonyl (C=O) groups excluding carboxylic acids is 1. The third kappa shape index (κ3) is 4.80. The summed E-state index contributed by atoms with van der Waals surface area (Å²) < 4.78 is 17.7. The first-order valence-corrected chi connectivity index (χ1v) is 10.2. The molecule has 2 aromatic carbocycles. The van der Waals surface area contributed by atoms with Crippen LogP contribution in [0, 0.1) is 0 Å². The monoisotopic (exact) mass is 448 g/mol. The van der Waals surface area contributed by atoms with Crippen LogP contribution in [0.15, 0.2) is 41.6 Å². The lowest BCUT2D eigenvalue weighted by Crippen LogP contribution is -2.15. The van der Waals surface area contributed by atoms with Crippen LogP contribution < -0.4 is 19.5 Å². The van der Waals surface area contributed by atoms with Gasteiger partial charge in [-0.3, -0.25) is 4.79 Å². The molecule has 1 amide bonds. The Morgan fingerprint density at radius 1 is 1.03 bits per heavy atom. The third-order valence-electron chi connectivity index (χ3n) is 4.24. The lowest BCUT2D eigenvalue weighted by Gasteiger charge is -2.10. The third-order valence-corrected chi connectivity index (χ3v) is 5.50. The average Bonchev–Trinajstić information content (AvgIpc) is 3.12. The number of nitrogens with one attached hydrogen (secondary N) is 1. The van der Waals surface area contributed by atoms with Gasteiger partial charge in [0.2, 0.25) is 5.91 Å². The van der Waals surface area contributed by atoms with Gasteiger partial charge < -0.3 is 24.1 Å². The van der Waals surface area contributed by atoms with E-state index in [0.29, 0.717) is 38.9 Å². The molecule has 0 bridgehead atoms. The molecule has 0 aliphatic heterocycles. The van der Waals surface area contributed by atoms with E-state index in [9.17, 15) is 4.79 Å². The molecule has 0 saturated heterocycles. The second-order valence-electron chi connectivity index (χ2n) is 6.12. The Morgan fingerprint density at radius 2 is 1.73 bits per heavy atom. The summed E-state index contributed by atoms with van der Waals surface area (Å²) in [4.78, 5) is 12.4. The molecule has 1 N–H and O–H groups in total. The topological polar surface area (TPSA) is 87.5 Å². The summed E-state index contributed by atoms with van der Waals surface area (Å²) in [5.41, 5.74) is 1.34. The average molecular weight is 449 g/mol. The lowest BCUT2D eigenvalue weighted by molar-refractivity contribution is -0.113. The molecular weight excluding hydrogens is 428 g/mol. The molecule has 0 saturated carbocycles. The number of thioether (sulfide) groups is 1. The highest BCUT2D eigenvalue weighted by Gasteiger charge is 2.16. The molecule has 1 aromatic heterocycles. The summed E-state index contributed by atoms with van der Waals surface area (Å²) in [6, 6.07) is 10.5. The van der Waals surface area contributed by atoms with Gasteiger partial charge in [0, 0.05) is 17.6 Å². The minimum Gasteiger partial charge on any atom is -0.495 e. The van der Waals surface area contributed by atoms with Crippen LogP contribution in [-0.4, -0.2) is 47.8 Å². The number of methoxy groups -OCH3 is 3. The molecule has 0 fully saturated rings. The fraction of sp³-hybridized carbons (Fsp3) is 0.250. The smallest absolute Gasteiger partial charge is 0.234 e. The van der Waals surface area contributed by atoms with Crippen LogP contribution in [0.5, 0.6) is 17.2 Å². The summed E-state index contributed by atoms with van der Waals surface area (Å²) in [7, 11) is 6.53. The first-order valence-electron chi connectivity index (χ1n) is 8.84. The minimum absolute atomic E-state index is 0.146. The number of hydrogen-bond donors (Lipinski definition) is 1. The second-order valence-corrected chi connectivity index (χ2v) is 7.50. The number of anilines is 1. The zero-order valence-electron chi connectivity index (χ0n) is 16.9. The summed E-state index contributed by atoms with van der Waals surface area (Å²) >= 11 is 7.27. The quantitative estimate of drug-likeness (QED) is 0.523. The van der Waals surface area contributed by atoms with Crippen LogP contribution in [0.2, 0.25) is 5.02 Å². The van der Waals surface area contributed by atoms with Crippen molar-refractivity contribution >= 4 is 35.0 Å². The minimum atomic E-state index is -0.212. The molecule has 0 unspecified atom stereocenters. The fourth-order valence-corrected chi connectivity index (χ4v) is 3.64. The number of carbonyl (C=O) groups is 1. The van der Waals surface area contributed by atoms with Crippen LogP contribution in [0.25, 0.3) is 11.4 Å². The van der Waals surface area contributed by atoms with Crippen molar-refractivity contribution in [3.05, 3.63) is 41.4 Å². The molecule has 0 aliphatic carbocycles. The lowest BCUT2D eigenvalue weighted by atomic mass is 10.2. The summed E-state index contributed by atoms with van der Waals surface area (Å²) in [6.45, 7) is 0. The van der Waals surface area contributed by atoms with E-state index in [-0.39, 0.29) is 11.7 Å². The molecule has 0 spiro atoms. The molecule has 3 rings (SSSR count). The fourth-order valence-electron chi connectivity index (χ4n) is 2.76. The van der Waals surface area contributed by atoms with E-state index >= 15 is 0 Å². The first-order chi connectivity index (χ1) is 14.5. The van der Waals surface area contributed by atoms with Gasteiger partial charge in [0.1, 0.15) is 5.75 Å². The molecule has 30 heavy (non-hydrogen) atoms. The zero-order chi connectivity index (χ0) is 21.7. The van der Waals surface area contributed by atoms with Gasteiger partial charge in [-0.1, -0.05) is 23.4 Å². The first kappa shape index (κ1) is 21.8. The largest absolute Gasteiger partial charge is 0.495 e. The van der Waals surface area contributed by atoms with Gasteiger partial charge in [0.25, 0.3) is 0 Å². The Hall–Kier alpha value is -2.91. The van der Waals surface area contributed by atoms with E-state index in [2.05, 4.69) is 15.5 Å². The molecule has 158 valence electrons. The maximum atomic E-state index is 12.4. The van der Waals surface area contributed by atoms with Crippen molar-refractivity contribution in [2.24, 2.45) is 7.05 Å². The van der Waals surface area contributed by atoms with Crippen molar-refractivity contribution in [3.8, 4) is 28.6 Å². The van der Waals surface area contributed by atoms with Crippen molar-refractivity contribution in [2.45, 2.75) is 5.16 Å². The summed E-state index contributed by atoms with van der Waals surface area (Å²) in [5, 5.41) is 12.4. The van der Waals surface area contributed by atoms with E-state index < -0.39 is 0 Å². The normalized spacial score (nSPS) is 10.6. The van der Waals surface area contributed by atoms with Crippen molar-refractivity contribution in [1.29, 1.82) is 0 Å². The Balaban J connectivity index is 1.70. The number of rotatable bonds is 8. The van der Waals surface area contributed by atoms with Gasteiger partial charge in [-0.05, 0) is 36.4 Å². The SMILES string of the molecule is COc1ccc(Cl)cc1NC(=O)CSc1nnc(-c2ccc(OC)c(OC)c2)n1C. The molecule has 10 heteroatoms. The number of aromatic nitrogens is 3. The van der Waals surface area contributed by atoms with Crippen molar-refractivity contribution in [2.75, 3.05) is 32.4 Å². The highest BCUT2D eigenvalue weighted by molar-refractivity contribution is 7.99. The van der Waals surface area contributed by atoms with Gasteiger partial charge in [-0.2, -0.15) is 0 Å². The van der Waals surface area contributed by atoms with E-state index in [1.165, 1.54) is 18.9 Å². The van der Waals surface area contributed by atoms with Crippen LogP contribution in [0.1, 0.15) is 0 Å². The van der Waals surface area contributed by atoms with Crippen LogP contribution in [-0.2, 0) is 11.8 Å². The maximum absolute atomic E-state index is 12.4. The molecular formula is C20H21ClN4O4S. The Bertz CT molecular complexity index is 1060. The van der Waals surface area contributed by atoms with Crippen molar-refractivity contribution in [1.82, 2.24) is 14.8 Å². The van der Waals surface area contributed by atoms with Gasteiger partial charge in [0.05, 0.1) is 32.8 Å². The van der Waals surface area contributed by atoms with Crippen LogP contribution in [0.4, 0.5) is 5.69 Å². The van der Waals surface area contributed by atoms with Gasteiger partial charge >= 0.3 is 0 Å². The Morgan fingerprint density at radius 3 is 2.43 bits per heavy atom. The molecule has 3 aromatic rings. The molecule has 8 nitrogen and oxygen atoms in total. The van der Waals surface area contributed by atoms with Crippen molar-refractivity contribution in [3.63, 3.8) is 0 Å². The number of nitrogens with zero attached hydrogens (tertiary/aromatic N) is 3. The maximum Gasteiger partial charge on any atom is 0.234 e. The standard InChI is InChI=1S/C20H21ClN4O4S/c1-25-19(12-5-7-16(28-3)17(9-12)29-4)23-24-20(25)30-11-18(26)22-14-10-13(21)6-8-15(14)27-2/h5-10H,11H2,1-4H3,(H,22,26). The Kier molecular flexibility index (Phi) is 7.07. The molecule has 0 aliphatic rings. The second kappa shape index (κ2) is 9.73. The van der Waals surface area contributed by atoms with E-state index in [0.717, 1.165) is 5.56 Å².